The van der Waals surface area contributed by atoms with Gasteiger partial charge in [-0.1, -0.05) is 36.4 Å². The number of nitrogens with one attached hydrogen (secondary N) is 1. The number of carbonyl (C=O) groups excluding carboxylic acids is 2. The van der Waals surface area contributed by atoms with E-state index in [2.05, 4.69) is 41.4 Å². The number of aryl methyl sites for hydroxylation is 1. The average Bonchev–Trinajstić information content (AvgIpc) is 3.20. The minimum Gasteiger partial charge on any atom is -0.371 e. The van der Waals surface area contributed by atoms with Crippen LogP contribution in [0.4, 0.5) is 11.4 Å². The predicted molar refractivity (Wildman–Crippen MR) is 121 cm³/mol. The number of likely N-dealkylation sites (tertiary alicyclic amines) is 1. The lowest BCUT2D eigenvalue weighted by atomic mass is 9.95. The van der Waals surface area contributed by atoms with E-state index in [0.29, 0.717) is 19.5 Å². The molecular formula is C25H31N3O2. The average molecular weight is 406 g/mol. The van der Waals surface area contributed by atoms with Gasteiger partial charge in [0, 0.05) is 49.9 Å². The lowest BCUT2D eigenvalue weighted by molar-refractivity contribution is -0.134. The quantitative estimate of drug-likeness (QED) is 0.794. The Morgan fingerprint density at radius 1 is 1.03 bits per heavy atom. The Bertz CT molecular complexity index is 889. The Morgan fingerprint density at radius 2 is 1.80 bits per heavy atom. The molecule has 30 heavy (non-hydrogen) atoms. The predicted octanol–water partition coefficient (Wildman–Crippen LogP) is 3.88. The van der Waals surface area contributed by atoms with Crippen LogP contribution in [0.1, 0.15) is 37.3 Å². The van der Waals surface area contributed by atoms with Crippen LogP contribution in [0.15, 0.2) is 48.5 Å². The molecule has 0 saturated carbocycles. The number of hydrogen-bond acceptors (Lipinski definition) is 3. The zero-order valence-electron chi connectivity index (χ0n) is 17.8. The highest BCUT2D eigenvalue weighted by Crippen LogP contribution is 2.31. The van der Waals surface area contributed by atoms with Crippen molar-refractivity contribution in [3.8, 4) is 0 Å². The fourth-order valence-electron chi connectivity index (χ4n) is 4.54. The molecule has 2 amide bonds. The fraction of sp³-hybridized carbons (Fsp3) is 0.440. The Labute approximate surface area is 179 Å². The number of piperidine rings is 1. The minimum atomic E-state index is -0.0290. The Morgan fingerprint density at radius 3 is 2.53 bits per heavy atom. The van der Waals surface area contributed by atoms with E-state index < -0.39 is 0 Å². The number of rotatable bonds is 6. The summed E-state index contributed by atoms with van der Waals surface area (Å²) in [5.74, 6) is 0.238. The summed E-state index contributed by atoms with van der Waals surface area (Å²) < 4.78 is 0. The monoisotopic (exact) mass is 405 g/mol. The number of benzene rings is 2. The molecule has 0 aromatic heterocycles. The van der Waals surface area contributed by atoms with Crippen LogP contribution in [-0.4, -0.2) is 42.9 Å². The van der Waals surface area contributed by atoms with Crippen LogP contribution in [0, 0.1) is 5.92 Å². The van der Waals surface area contributed by atoms with E-state index in [-0.39, 0.29) is 17.7 Å². The van der Waals surface area contributed by atoms with Gasteiger partial charge in [-0.25, -0.2) is 0 Å². The van der Waals surface area contributed by atoms with Gasteiger partial charge in [0.1, 0.15) is 0 Å². The molecule has 1 fully saturated rings. The Balaban J connectivity index is 1.26. The van der Waals surface area contributed by atoms with Gasteiger partial charge < -0.3 is 15.1 Å². The molecule has 2 aromatic carbocycles. The normalized spacial score (nSPS) is 16.4. The number of hydrogen-bond donors (Lipinski definition) is 1. The third-order valence-corrected chi connectivity index (χ3v) is 6.42. The van der Waals surface area contributed by atoms with Gasteiger partial charge in [-0.2, -0.15) is 0 Å². The maximum absolute atomic E-state index is 12.8. The molecule has 0 radical (unpaired) electrons. The highest BCUT2D eigenvalue weighted by atomic mass is 16.2. The van der Waals surface area contributed by atoms with E-state index in [1.54, 1.807) is 0 Å². The van der Waals surface area contributed by atoms with Gasteiger partial charge in [0.25, 0.3) is 0 Å². The Kier molecular flexibility index (Phi) is 6.36. The smallest absolute Gasteiger partial charge is 0.227 e. The van der Waals surface area contributed by atoms with Gasteiger partial charge in [0.15, 0.2) is 0 Å². The van der Waals surface area contributed by atoms with Crippen LogP contribution < -0.4 is 10.2 Å². The summed E-state index contributed by atoms with van der Waals surface area (Å²) in [6.45, 7) is 5.54. The van der Waals surface area contributed by atoms with Gasteiger partial charge in [0.2, 0.25) is 11.8 Å². The molecule has 158 valence electrons. The van der Waals surface area contributed by atoms with Crippen molar-refractivity contribution in [2.75, 3.05) is 36.4 Å². The van der Waals surface area contributed by atoms with Gasteiger partial charge in [-0.3, -0.25) is 9.59 Å². The fourth-order valence-corrected chi connectivity index (χ4v) is 4.54. The molecule has 0 aliphatic carbocycles. The maximum Gasteiger partial charge on any atom is 0.227 e. The van der Waals surface area contributed by atoms with Crippen LogP contribution >= 0.6 is 0 Å². The topological polar surface area (TPSA) is 52.7 Å². The van der Waals surface area contributed by atoms with Crippen LogP contribution in [0.3, 0.4) is 0 Å². The summed E-state index contributed by atoms with van der Waals surface area (Å²) in [4.78, 5) is 29.6. The molecule has 4 rings (SSSR count). The van der Waals surface area contributed by atoms with Crippen molar-refractivity contribution in [3.63, 3.8) is 0 Å². The van der Waals surface area contributed by atoms with E-state index in [1.807, 2.05) is 29.2 Å². The van der Waals surface area contributed by atoms with Gasteiger partial charge in [0.05, 0.1) is 0 Å². The van der Waals surface area contributed by atoms with Crippen molar-refractivity contribution in [1.82, 2.24) is 4.90 Å². The zero-order chi connectivity index (χ0) is 20.9. The molecule has 1 saturated heterocycles. The molecule has 0 unspecified atom stereocenters. The SMILES string of the molecule is CCN1CCc2ccc(NC(=O)C3CCN(C(=O)CCc4ccccc4)CC3)cc21. The van der Waals surface area contributed by atoms with E-state index in [1.165, 1.54) is 16.8 Å². The second-order valence-electron chi connectivity index (χ2n) is 8.30. The number of amides is 2. The summed E-state index contributed by atoms with van der Waals surface area (Å²) >= 11 is 0. The molecule has 0 bridgehead atoms. The van der Waals surface area contributed by atoms with Crippen molar-refractivity contribution >= 4 is 23.2 Å². The summed E-state index contributed by atoms with van der Waals surface area (Å²) in [6, 6.07) is 16.4. The van der Waals surface area contributed by atoms with E-state index >= 15 is 0 Å². The number of carbonyl (C=O) groups is 2. The minimum absolute atomic E-state index is 0.0290. The standard InChI is InChI=1S/C25H31N3O2/c1-2-27-15-12-20-9-10-22(18-23(20)27)26-25(30)21-13-16-28(17-14-21)24(29)11-8-19-6-4-3-5-7-19/h3-7,9-10,18,21H,2,8,11-17H2,1H3,(H,26,30). The molecule has 2 heterocycles. The van der Waals surface area contributed by atoms with Crippen molar-refractivity contribution < 1.29 is 9.59 Å². The maximum atomic E-state index is 12.8. The molecule has 5 heteroatoms. The van der Waals surface area contributed by atoms with Crippen LogP contribution in [0.25, 0.3) is 0 Å². The van der Waals surface area contributed by atoms with E-state index in [0.717, 1.165) is 44.5 Å². The van der Waals surface area contributed by atoms with Gasteiger partial charge >= 0.3 is 0 Å². The molecule has 1 N–H and O–H groups in total. The number of likely N-dealkylation sites (N-methyl/N-ethyl adjacent to an activating group) is 1. The first-order chi connectivity index (χ1) is 14.6. The van der Waals surface area contributed by atoms with Crippen molar-refractivity contribution in [2.45, 2.75) is 39.0 Å². The van der Waals surface area contributed by atoms with Gasteiger partial charge in [-0.15, -0.1) is 0 Å². The number of anilines is 2. The van der Waals surface area contributed by atoms with Crippen LogP contribution in [-0.2, 0) is 22.4 Å². The molecule has 0 spiro atoms. The highest BCUT2D eigenvalue weighted by molar-refractivity contribution is 5.93. The van der Waals surface area contributed by atoms with Crippen molar-refractivity contribution in [3.05, 3.63) is 59.7 Å². The van der Waals surface area contributed by atoms with Crippen LogP contribution in [0.5, 0.6) is 0 Å². The van der Waals surface area contributed by atoms with E-state index in [4.69, 9.17) is 0 Å². The summed E-state index contributed by atoms with van der Waals surface area (Å²) in [5.41, 5.74) is 4.67. The van der Waals surface area contributed by atoms with Crippen molar-refractivity contribution in [2.24, 2.45) is 5.92 Å². The third-order valence-electron chi connectivity index (χ3n) is 6.42. The summed E-state index contributed by atoms with van der Waals surface area (Å²) in [7, 11) is 0. The lowest BCUT2D eigenvalue weighted by Gasteiger charge is -2.31. The first-order valence-corrected chi connectivity index (χ1v) is 11.1. The largest absolute Gasteiger partial charge is 0.371 e. The van der Waals surface area contributed by atoms with Crippen LogP contribution in [0.2, 0.25) is 0 Å². The highest BCUT2D eigenvalue weighted by Gasteiger charge is 2.27. The number of fused-ring (bicyclic) bond motifs is 1. The first kappa shape index (κ1) is 20.5. The third kappa shape index (κ3) is 4.66. The molecule has 0 atom stereocenters. The number of nitrogens with zero attached hydrogens (tertiary/aromatic N) is 2. The second kappa shape index (κ2) is 9.33. The summed E-state index contributed by atoms with van der Waals surface area (Å²) in [5, 5.41) is 3.11. The molecule has 2 aliphatic rings. The van der Waals surface area contributed by atoms with Crippen molar-refractivity contribution in [1.29, 1.82) is 0 Å². The summed E-state index contributed by atoms with van der Waals surface area (Å²) in [6.07, 6.45) is 3.84. The zero-order valence-corrected chi connectivity index (χ0v) is 17.8. The molecule has 2 aromatic rings. The molecular weight excluding hydrogens is 374 g/mol. The van der Waals surface area contributed by atoms with E-state index in [9.17, 15) is 9.59 Å². The molecule has 2 aliphatic heterocycles. The Hall–Kier alpha value is -2.82. The second-order valence-corrected chi connectivity index (χ2v) is 8.30. The molecule has 5 nitrogen and oxygen atoms in total. The van der Waals surface area contributed by atoms with Gasteiger partial charge in [-0.05, 0) is 55.9 Å². The lowest BCUT2D eigenvalue weighted by Crippen LogP contribution is -2.41. The first-order valence-electron chi connectivity index (χ1n) is 11.1.